The fourth-order valence-corrected chi connectivity index (χ4v) is 3.62. The van der Waals surface area contributed by atoms with Gasteiger partial charge in [-0.3, -0.25) is 4.55 Å². The number of hydrogen-bond acceptors (Lipinski definition) is 4. The maximum absolute atomic E-state index is 12.3. The summed E-state index contributed by atoms with van der Waals surface area (Å²) in [5, 5.41) is 0. The summed E-state index contributed by atoms with van der Waals surface area (Å²) in [6.45, 7) is 6.52. The molecule has 0 aliphatic carbocycles. The Kier molecular flexibility index (Phi) is 6.56. The van der Waals surface area contributed by atoms with Crippen molar-refractivity contribution in [2.75, 3.05) is 0 Å². The second kappa shape index (κ2) is 8.47. The van der Waals surface area contributed by atoms with E-state index in [2.05, 4.69) is 20.8 Å². The zero-order valence-electron chi connectivity index (χ0n) is 15.2. The average Bonchev–Trinajstić information content (AvgIpc) is 2.59. The number of hydrogen-bond donors (Lipinski definition) is 1. The van der Waals surface area contributed by atoms with Gasteiger partial charge >= 0.3 is 5.97 Å². The van der Waals surface area contributed by atoms with E-state index in [1.54, 1.807) is 12.1 Å². The fourth-order valence-electron chi connectivity index (χ4n) is 2.94. The predicted octanol–water partition coefficient (Wildman–Crippen LogP) is 4.69. The van der Waals surface area contributed by atoms with E-state index in [1.165, 1.54) is 23.8 Å². The van der Waals surface area contributed by atoms with Crippen molar-refractivity contribution in [3.8, 4) is 5.75 Å². The minimum Gasteiger partial charge on any atom is -0.423 e. The van der Waals surface area contributed by atoms with Gasteiger partial charge in [-0.05, 0) is 54.5 Å². The number of rotatable bonds is 7. The molecule has 2 aromatic carbocycles. The predicted molar refractivity (Wildman–Crippen MR) is 100 cm³/mol. The first-order valence-electron chi connectivity index (χ1n) is 8.61. The van der Waals surface area contributed by atoms with Crippen molar-refractivity contribution < 1.29 is 22.5 Å². The molecular formula is C20H24O5S. The quantitative estimate of drug-likeness (QED) is 0.431. The third-order valence-corrected chi connectivity index (χ3v) is 5.11. The molecule has 0 amide bonds. The molecule has 6 heteroatoms. The monoisotopic (exact) mass is 376 g/mol. The van der Waals surface area contributed by atoms with Crippen LogP contribution in [0.3, 0.4) is 0 Å². The van der Waals surface area contributed by atoms with Crippen LogP contribution in [0, 0.1) is 5.92 Å². The van der Waals surface area contributed by atoms with Crippen molar-refractivity contribution in [2.45, 2.75) is 44.4 Å². The molecule has 5 nitrogen and oxygen atoms in total. The van der Waals surface area contributed by atoms with Crippen molar-refractivity contribution in [1.29, 1.82) is 0 Å². The van der Waals surface area contributed by atoms with Gasteiger partial charge in [-0.25, -0.2) is 4.79 Å². The minimum atomic E-state index is -4.50. The van der Waals surface area contributed by atoms with Gasteiger partial charge in [0.25, 0.3) is 10.1 Å². The lowest BCUT2D eigenvalue weighted by molar-refractivity contribution is 0.0730. The van der Waals surface area contributed by atoms with Gasteiger partial charge < -0.3 is 4.74 Å². The van der Waals surface area contributed by atoms with Gasteiger partial charge in [0.1, 0.15) is 10.6 Å². The van der Waals surface area contributed by atoms with Crippen LogP contribution in [-0.2, 0) is 10.1 Å². The summed E-state index contributed by atoms with van der Waals surface area (Å²) in [6.07, 6.45) is 2.11. The molecule has 2 rings (SSSR count). The molecule has 0 fully saturated rings. The molecule has 26 heavy (non-hydrogen) atoms. The Labute approximate surface area is 154 Å². The molecule has 0 saturated carbocycles. The first-order valence-corrected chi connectivity index (χ1v) is 10.0. The summed E-state index contributed by atoms with van der Waals surface area (Å²) in [7, 11) is -4.50. The molecule has 1 N–H and O–H groups in total. The van der Waals surface area contributed by atoms with Crippen molar-refractivity contribution in [3.63, 3.8) is 0 Å². The molecule has 0 saturated heterocycles. The molecule has 0 aromatic heterocycles. The average molecular weight is 376 g/mol. The highest BCUT2D eigenvalue weighted by molar-refractivity contribution is 7.86. The van der Waals surface area contributed by atoms with Crippen LogP contribution in [0.4, 0.5) is 0 Å². The van der Waals surface area contributed by atoms with Crippen molar-refractivity contribution in [1.82, 2.24) is 0 Å². The van der Waals surface area contributed by atoms with Crippen LogP contribution in [-0.4, -0.2) is 18.9 Å². The largest absolute Gasteiger partial charge is 0.423 e. The van der Waals surface area contributed by atoms with Crippen LogP contribution in [0.1, 0.15) is 55.5 Å². The highest BCUT2D eigenvalue weighted by atomic mass is 32.2. The van der Waals surface area contributed by atoms with Crippen molar-refractivity contribution >= 4 is 16.1 Å². The summed E-state index contributed by atoms with van der Waals surface area (Å²) in [4.78, 5) is 11.8. The normalized spacial score (nSPS) is 12.8. The van der Waals surface area contributed by atoms with E-state index >= 15 is 0 Å². The molecule has 1 atom stereocenters. The lowest BCUT2D eigenvalue weighted by Gasteiger charge is -2.18. The zero-order chi connectivity index (χ0) is 19.3. The summed E-state index contributed by atoms with van der Waals surface area (Å²) in [6, 6.07) is 12.6. The minimum absolute atomic E-state index is 0.203. The summed E-state index contributed by atoms with van der Waals surface area (Å²) in [5.41, 5.74) is 0.977. The van der Waals surface area contributed by atoms with Crippen LogP contribution < -0.4 is 4.74 Å². The fraction of sp³-hybridized carbons (Fsp3) is 0.350. The SMILES string of the molecule is CCC(CC(C)C)c1ccc(OC(=O)c2ccccc2S(=O)(=O)O)cc1. The van der Waals surface area contributed by atoms with Crippen molar-refractivity contribution in [3.05, 3.63) is 59.7 Å². The molecule has 0 bridgehead atoms. The Balaban J connectivity index is 2.19. The highest BCUT2D eigenvalue weighted by Gasteiger charge is 2.21. The van der Waals surface area contributed by atoms with Crippen LogP contribution in [0.2, 0.25) is 0 Å². The molecule has 1 unspecified atom stereocenters. The number of esters is 1. The first kappa shape index (κ1) is 20.1. The maximum Gasteiger partial charge on any atom is 0.344 e. The lowest BCUT2D eigenvalue weighted by atomic mass is 9.88. The molecular weight excluding hydrogens is 352 g/mol. The molecule has 0 aliphatic rings. The summed E-state index contributed by atoms with van der Waals surface area (Å²) < 4.78 is 37.3. The Bertz CT molecular complexity index is 854. The second-order valence-electron chi connectivity index (χ2n) is 6.66. The van der Waals surface area contributed by atoms with E-state index in [4.69, 9.17) is 4.74 Å². The Hall–Kier alpha value is -2.18. The van der Waals surface area contributed by atoms with E-state index < -0.39 is 21.0 Å². The molecule has 0 aliphatic heterocycles. The standard InChI is InChI=1S/C20H24O5S/c1-4-15(13-14(2)3)16-9-11-17(12-10-16)25-20(21)18-7-5-6-8-19(18)26(22,23)24/h5-12,14-15H,4,13H2,1-3H3,(H,22,23,24). The van der Waals surface area contributed by atoms with E-state index in [-0.39, 0.29) is 5.56 Å². The lowest BCUT2D eigenvalue weighted by Crippen LogP contribution is -2.14. The smallest absolute Gasteiger partial charge is 0.344 e. The second-order valence-corrected chi connectivity index (χ2v) is 8.05. The number of benzene rings is 2. The molecule has 140 valence electrons. The number of carbonyl (C=O) groups excluding carboxylic acids is 1. The first-order chi connectivity index (χ1) is 12.2. The Morgan fingerprint density at radius 1 is 1.08 bits per heavy atom. The highest BCUT2D eigenvalue weighted by Crippen LogP contribution is 2.28. The van der Waals surface area contributed by atoms with E-state index in [0.29, 0.717) is 17.6 Å². The van der Waals surface area contributed by atoms with Gasteiger partial charge in [-0.2, -0.15) is 8.42 Å². The number of carbonyl (C=O) groups is 1. The molecule has 0 radical (unpaired) electrons. The maximum atomic E-state index is 12.3. The molecule has 0 spiro atoms. The van der Waals surface area contributed by atoms with Gasteiger partial charge in [0, 0.05) is 0 Å². The van der Waals surface area contributed by atoms with Crippen molar-refractivity contribution in [2.24, 2.45) is 5.92 Å². The summed E-state index contributed by atoms with van der Waals surface area (Å²) in [5.74, 6) is 0.526. The molecule has 2 aromatic rings. The van der Waals surface area contributed by atoms with Crippen LogP contribution in [0.25, 0.3) is 0 Å². The van der Waals surface area contributed by atoms with Crippen LogP contribution in [0.5, 0.6) is 5.75 Å². The van der Waals surface area contributed by atoms with Gasteiger partial charge in [0.2, 0.25) is 0 Å². The Morgan fingerprint density at radius 3 is 2.23 bits per heavy atom. The van der Waals surface area contributed by atoms with E-state index in [1.807, 2.05) is 12.1 Å². The topological polar surface area (TPSA) is 80.7 Å². The Morgan fingerprint density at radius 2 is 1.69 bits per heavy atom. The van der Waals surface area contributed by atoms with Crippen LogP contribution >= 0.6 is 0 Å². The van der Waals surface area contributed by atoms with Gasteiger partial charge in [0.15, 0.2) is 0 Å². The van der Waals surface area contributed by atoms with E-state index in [9.17, 15) is 17.8 Å². The third-order valence-electron chi connectivity index (χ3n) is 4.20. The van der Waals surface area contributed by atoms with E-state index in [0.717, 1.165) is 18.9 Å². The zero-order valence-corrected chi connectivity index (χ0v) is 16.0. The number of ether oxygens (including phenoxy) is 1. The van der Waals surface area contributed by atoms with Gasteiger partial charge in [-0.1, -0.05) is 45.0 Å². The van der Waals surface area contributed by atoms with Gasteiger partial charge in [-0.15, -0.1) is 0 Å². The van der Waals surface area contributed by atoms with Crippen LogP contribution in [0.15, 0.2) is 53.4 Å². The summed E-state index contributed by atoms with van der Waals surface area (Å²) >= 11 is 0. The van der Waals surface area contributed by atoms with Gasteiger partial charge in [0.05, 0.1) is 5.56 Å². The third kappa shape index (κ3) is 5.16. The molecule has 0 heterocycles.